The van der Waals surface area contributed by atoms with Crippen molar-refractivity contribution in [2.45, 2.75) is 13.8 Å². The lowest BCUT2D eigenvalue weighted by molar-refractivity contribution is 0.415. The summed E-state index contributed by atoms with van der Waals surface area (Å²) in [4.78, 5) is 11.3. The van der Waals surface area contributed by atoms with Gasteiger partial charge in [-0.15, -0.1) is 0 Å². The highest BCUT2D eigenvalue weighted by molar-refractivity contribution is 5.65. The lowest BCUT2D eigenvalue weighted by atomic mass is 10.2. The molecule has 0 radical (unpaired) electrons. The van der Waals surface area contributed by atoms with Gasteiger partial charge < -0.3 is 15.0 Å². The van der Waals surface area contributed by atoms with Gasteiger partial charge in [-0.2, -0.15) is 0 Å². The summed E-state index contributed by atoms with van der Waals surface area (Å²) in [5.41, 5.74) is 2.06. The van der Waals surface area contributed by atoms with E-state index in [1.54, 1.807) is 7.11 Å². The fourth-order valence-corrected chi connectivity index (χ4v) is 2.66. The monoisotopic (exact) mass is 334 g/mol. The minimum Gasteiger partial charge on any atom is -0.497 e. The predicted octanol–water partition coefficient (Wildman–Crippen LogP) is 4.70. The molecule has 0 aliphatic heterocycles. The van der Waals surface area contributed by atoms with E-state index in [4.69, 9.17) is 4.74 Å². The molecule has 0 atom stereocenters. The maximum Gasteiger partial charge on any atom is 0.138 e. The van der Waals surface area contributed by atoms with E-state index in [0.717, 1.165) is 41.1 Å². The SMILES string of the molecule is CCN(c1ccccc1)c1cc(Nc2ccc(OC)cc2)nc(C)n1. The summed E-state index contributed by atoms with van der Waals surface area (Å²) in [5.74, 6) is 3.19. The maximum absolute atomic E-state index is 5.19. The Hall–Kier alpha value is -3.08. The van der Waals surface area contributed by atoms with Gasteiger partial charge in [0.25, 0.3) is 0 Å². The van der Waals surface area contributed by atoms with Crippen LogP contribution in [0.4, 0.5) is 23.0 Å². The van der Waals surface area contributed by atoms with E-state index in [-0.39, 0.29) is 0 Å². The van der Waals surface area contributed by atoms with Crippen molar-refractivity contribution in [3.8, 4) is 5.75 Å². The number of methoxy groups -OCH3 is 1. The molecule has 1 N–H and O–H groups in total. The van der Waals surface area contributed by atoms with E-state index in [2.05, 4.69) is 39.2 Å². The number of rotatable bonds is 6. The molecule has 0 saturated carbocycles. The molecule has 2 aromatic carbocycles. The number of aryl methyl sites for hydroxylation is 1. The van der Waals surface area contributed by atoms with Gasteiger partial charge in [-0.1, -0.05) is 18.2 Å². The van der Waals surface area contributed by atoms with Gasteiger partial charge in [0, 0.05) is 24.0 Å². The number of benzene rings is 2. The molecule has 1 heterocycles. The predicted molar refractivity (Wildman–Crippen MR) is 102 cm³/mol. The third kappa shape index (κ3) is 4.07. The van der Waals surface area contributed by atoms with Crippen molar-refractivity contribution in [3.63, 3.8) is 0 Å². The highest BCUT2D eigenvalue weighted by atomic mass is 16.5. The standard InChI is InChI=1S/C20H22N4O/c1-4-24(17-8-6-5-7-9-17)20-14-19(21-15(2)22-20)23-16-10-12-18(25-3)13-11-16/h5-14H,4H2,1-3H3,(H,21,22,23). The van der Waals surface area contributed by atoms with E-state index in [1.165, 1.54) is 0 Å². The Bertz CT molecular complexity index is 819. The van der Waals surface area contributed by atoms with Gasteiger partial charge in [-0.25, -0.2) is 9.97 Å². The Kier molecular flexibility index (Phi) is 5.14. The zero-order valence-corrected chi connectivity index (χ0v) is 14.7. The van der Waals surface area contributed by atoms with Gasteiger partial charge in [0.1, 0.15) is 23.2 Å². The quantitative estimate of drug-likeness (QED) is 0.708. The van der Waals surface area contributed by atoms with Crippen molar-refractivity contribution in [2.24, 2.45) is 0 Å². The number of nitrogens with zero attached hydrogens (tertiary/aromatic N) is 3. The summed E-state index contributed by atoms with van der Waals surface area (Å²) >= 11 is 0. The van der Waals surface area contributed by atoms with Crippen LogP contribution >= 0.6 is 0 Å². The molecule has 3 rings (SSSR count). The van der Waals surface area contributed by atoms with Crippen LogP contribution in [0, 0.1) is 6.92 Å². The van der Waals surface area contributed by atoms with Gasteiger partial charge in [0.15, 0.2) is 0 Å². The first kappa shape index (κ1) is 16.8. The largest absolute Gasteiger partial charge is 0.497 e. The molecular weight excluding hydrogens is 312 g/mol. The molecule has 5 nitrogen and oxygen atoms in total. The molecule has 3 aromatic rings. The Morgan fingerprint density at radius 2 is 1.72 bits per heavy atom. The molecule has 0 spiro atoms. The summed E-state index contributed by atoms with van der Waals surface area (Å²) in [7, 11) is 1.66. The number of hydrogen-bond acceptors (Lipinski definition) is 5. The third-order valence-electron chi connectivity index (χ3n) is 3.85. The van der Waals surface area contributed by atoms with Crippen LogP contribution in [-0.2, 0) is 0 Å². The van der Waals surface area contributed by atoms with Crippen LogP contribution in [0.5, 0.6) is 5.75 Å². The molecule has 25 heavy (non-hydrogen) atoms. The van der Waals surface area contributed by atoms with Crippen LogP contribution in [0.3, 0.4) is 0 Å². The fraction of sp³-hybridized carbons (Fsp3) is 0.200. The number of para-hydroxylation sites is 1. The summed E-state index contributed by atoms with van der Waals surface area (Å²) in [6, 6.07) is 20.0. The van der Waals surface area contributed by atoms with E-state index < -0.39 is 0 Å². The van der Waals surface area contributed by atoms with Crippen LogP contribution in [0.1, 0.15) is 12.7 Å². The first-order valence-corrected chi connectivity index (χ1v) is 8.29. The number of ether oxygens (including phenoxy) is 1. The highest BCUT2D eigenvalue weighted by Crippen LogP contribution is 2.26. The van der Waals surface area contributed by atoms with Gasteiger partial charge >= 0.3 is 0 Å². The zero-order valence-electron chi connectivity index (χ0n) is 14.7. The van der Waals surface area contributed by atoms with Crippen LogP contribution in [0.25, 0.3) is 0 Å². The van der Waals surface area contributed by atoms with E-state index >= 15 is 0 Å². The first-order chi connectivity index (χ1) is 12.2. The Morgan fingerprint density at radius 3 is 2.36 bits per heavy atom. The molecule has 1 aromatic heterocycles. The van der Waals surface area contributed by atoms with Gasteiger partial charge in [0.05, 0.1) is 7.11 Å². The second kappa shape index (κ2) is 7.66. The van der Waals surface area contributed by atoms with Crippen molar-refractivity contribution in [1.82, 2.24) is 9.97 Å². The zero-order chi connectivity index (χ0) is 17.6. The van der Waals surface area contributed by atoms with E-state index in [0.29, 0.717) is 0 Å². The topological polar surface area (TPSA) is 50.3 Å². The van der Waals surface area contributed by atoms with Crippen molar-refractivity contribution in [2.75, 3.05) is 23.9 Å². The minimum absolute atomic E-state index is 0.725. The van der Waals surface area contributed by atoms with Crippen molar-refractivity contribution >= 4 is 23.0 Å². The Labute approximate surface area is 148 Å². The molecule has 0 aliphatic carbocycles. The minimum atomic E-state index is 0.725. The highest BCUT2D eigenvalue weighted by Gasteiger charge is 2.11. The number of aromatic nitrogens is 2. The van der Waals surface area contributed by atoms with Gasteiger partial charge in [-0.05, 0) is 50.2 Å². The molecule has 5 heteroatoms. The summed E-state index contributed by atoms with van der Waals surface area (Å²) in [6.07, 6.45) is 0. The summed E-state index contributed by atoms with van der Waals surface area (Å²) in [6.45, 7) is 4.84. The van der Waals surface area contributed by atoms with Crippen LogP contribution < -0.4 is 15.0 Å². The molecule has 0 amide bonds. The molecule has 0 unspecified atom stereocenters. The average molecular weight is 334 g/mol. The molecule has 0 aliphatic rings. The first-order valence-electron chi connectivity index (χ1n) is 8.29. The maximum atomic E-state index is 5.19. The van der Waals surface area contributed by atoms with Crippen molar-refractivity contribution in [3.05, 3.63) is 66.5 Å². The van der Waals surface area contributed by atoms with Crippen molar-refractivity contribution in [1.29, 1.82) is 0 Å². The Morgan fingerprint density at radius 1 is 1.00 bits per heavy atom. The number of anilines is 4. The lowest BCUT2D eigenvalue weighted by Gasteiger charge is -2.23. The molecule has 0 saturated heterocycles. The fourth-order valence-electron chi connectivity index (χ4n) is 2.66. The second-order valence-electron chi connectivity index (χ2n) is 5.59. The lowest BCUT2D eigenvalue weighted by Crippen LogP contribution is -2.18. The van der Waals surface area contributed by atoms with Crippen molar-refractivity contribution < 1.29 is 4.74 Å². The average Bonchev–Trinajstić information content (AvgIpc) is 2.63. The van der Waals surface area contributed by atoms with E-state index in [9.17, 15) is 0 Å². The van der Waals surface area contributed by atoms with Crippen LogP contribution in [-0.4, -0.2) is 23.6 Å². The molecule has 0 bridgehead atoms. The second-order valence-corrected chi connectivity index (χ2v) is 5.59. The van der Waals surface area contributed by atoms with Crippen LogP contribution in [0.2, 0.25) is 0 Å². The molecular formula is C20H22N4O. The third-order valence-corrected chi connectivity index (χ3v) is 3.85. The van der Waals surface area contributed by atoms with Gasteiger partial charge in [-0.3, -0.25) is 0 Å². The number of nitrogens with one attached hydrogen (secondary N) is 1. The molecule has 128 valence electrons. The van der Waals surface area contributed by atoms with E-state index in [1.807, 2.05) is 55.5 Å². The summed E-state index contributed by atoms with van der Waals surface area (Å²) in [5, 5.41) is 3.33. The summed E-state index contributed by atoms with van der Waals surface area (Å²) < 4.78 is 5.19. The molecule has 0 fully saturated rings. The normalized spacial score (nSPS) is 10.4. The number of hydrogen-bond donors (Lipinski definition) is 1. The Balaban J connectivity index is 1.89. The van der Waals surface area contributed by atoms with Crippen LogP contribution in [0.15, 0.2) is 60.7 Å². The van der Waals surface area contributed by atoms with Gasteiger partial charge in [0.2, 0.25) is 0 Å². The smallest absolute Gasteiger partial charge is 0.138 e.